The van der Waals surface area contributed by atoms with Gasteiger partial charge in [-0.2, -0.15) is 0 Å². The van der Waals surface area contributed by atoms with Crippen LogP contribution in [0.15, 0.2) is 120 Å². The summed E-state index contributed by atoms with van der Waals surface area (Å²) in [7, 11) is 0. The van der Waals surface area contributed by atoms with Gasteiger partial charge in [0, 0.05) is 0 Å². The van der Waals surface area contributed by atoms with Crippen LogP contribution < -0.4 is 6.64 Å². The molecule has 2 aliphatic rings. The summed E-state index contributed by atoms with van der Waals surface area (Å²) in [4.78, 5) is 0. The number of allylic oxidation sites excluding steroid dienone is 2. The molecule has 0 saturated carbocycles. The first kappa shape index (κ1) is 21.9. The molecule has 4 aromatic carbocycles. The van der Waals surface area contributed by atoms with Crippen molar-refractivity contribution in [2.24, 2.45) is 0 Å². The molecule has 0 bridgehead atoms. The maximum atomic E-state index is 2.47. The number of fused-ring (bicyclic) bond motifs is 2. The molecule has 166 valence electrons. The van der Waals surface area contributed by atoms with Crippen molar-refractivity contribution in [3.63, 3.8) is 0 Å². The second-order valence-electron chi connectivity index (χ2n) is 10.3. The Morgan fingerprint density at radius 1 is 0.500 bits per heavy atom. The fourth-order valence-corrected chi connectivity index (χ4v) is 49.4. The predicted molar refractivity (Wildman–Crippen MR) is 146 cm³/mol. The standard InChI is InChI=1S/2C10H9.2C6H5.Hf.H2Si/c2*1-8-6-9-4-2-3-5-10(9)7-8;2*1-2-4-6-5-3-1;;/h2*2-7H,1H3;2*1-5H;;1H2. The first-order chi connectivity index (χ1) is 16.5. The van der Waals surface area contributed by atoms with E-state index in [4.69, 9.17) is 0 Å². The normalized spacial score (nSPS) is 19.3. The van der Waals surface area contributed by atoms with E-state index in [1.807, 2.05) is 0 Å². The molecule has 4 aromatic rings. The third kappa shape index (κ3) is 2.85. The van der Waals surface area contributed by atoms with Crippen LogP contribution in [0.5, 0.6) is 0 Å². The van der Waals surface area contributed by atoms with Crippen LogP contribution >= 0.6 is 0 Å². The Bertz CT molecular complexity index is 1410. The van der Waals surface area contributed by atoms with E-state index in [9.17, 15) is 0 Å². The van der Waals surface area contributed by atoms with E-state index >= 15 is 0 Å². The summed E-state index contributed by atoms with van der Waals surface area (Å²) >= 11 is -4.44. The van der Waals surface area contributed by atoms with E-state index in [0.29, 0.717) is 7.35 Å². The molecule has 0 saturated heterocycles. The van der Waals surface area contributed by atoms with Gasteiger partial charge < -0.3 is 0 Å². The molecule has 0 aliphatic heterocycles. The Hall–Kier alpha value is -2.55. The molecule has 6 rings (SSSR count). The SMILES string of the molecule is CC1=Cc2ccccc2[CH]1[Hf](=[SiH2])([c]1ccccc1)([c]1ccccc1)[CH]1C(C)=Cc2ccccc21. The average Bonchev–Trinajstić information content (AvgIpc) is 3.41. The third-order valence-electron chi connectivity index (χ3n) is 8.52. The molecular weight excluding hydrogens is 591 g/mol. The summed E-state index contributed by atoms with van der Waals surface area (Å²) in [5.74, 6) is 0. The Morgan fingerprint density at radius 2 is 0.853 bits per heavy atom. The number of rotatable bonds is 4. The summed E-state index contributed by atoms with van der Waals surface area (Å²) in [6.45, 7) is 7.22. The van der Waals surface area contributed by atoms with Crippen molar-refractivity contribution in [2.45, 2.75) is 21.2 Å². The molecule has 0 spiro atoms. The second kappa shape index (κ2) is 8.00. The van der Waals surface area contributed by atoms with Crippen molar-refractivity contribution in [1.29, 1.82) is 0 Å². The van der Waals surface area contributed by atoms with E-state index < -0.39 is 17.1 Å². The van der Waals surface area contributed by atoms with Gasteiger partial charge in [0.25, 0.3) is 0 Å². The van der Waals surface area contributed by atoms with Crippen LogP contribution in [0, 0.1) is 0 Å². The van der Waals surface area contributed by atoms with Gasteiger partial charge in [0.1, 0.15) is 0 Å². The van der Waals surface area contributed by atoms with E-state index in [1.165, 1.54) is 33.4 Å². The van der Waals surface area contributed by atoms with E-state index in [0.717, 1.165) is 0 Å². The molecule has 0 radical (unpaired) electrons. The van der Waals surface area contributed by atoms with Crippen molar-refractivity contribution in [2.75, 3.05) is 0 Å². The average molecular weight is 621 g/mol. The summed E-state index contributed by atoms with van der Waals surface area (Å²) in [6, 6.07) is 41.5. The van der Waals surface area contributed by atoms with Gasteiger partial charge in [-0.25, -0.2) is 0 Å². The van der Waals surface area contributed by atoms with Gasteiger partial charge in [-0.15, -0.1) is 0 Å². The summed E-state index contributed by atoms with van der Waals surface area (Å²) in [6.07, 6.45) is 4.94. The number of benzene rings is 4. The van der Waals surface area contributed by atoms with Gasteiger partial charge in [0.2, 0.25) is 0 Å². The van der Waals surface area contributed by atoms with Gasteiger partial charge >= 0.3 is 207 Å². The minimum absolute atomic E-state index is 0.427. The van der Waals surface area contributed by atoms with Crippen molar-refractivity contribution in [1.82, 2.24) is 0 Å². The van der Waals surface area contributed by atoms with Crippen LogP contribution in [0.25, 0.3) is 12.2 Å². The molecule has 0 heterocycles. The van der Waals surface area contributed by atoms with Gasteiger partial charge in [-0.05, 0) is 0 Å². The molecular formula is C32H30HfSi. The van der Waals surface area contributed by atoms with Crippen LogP contribution in [0.1, 0.15) is 43.5 Å². The molecule has 34 heavy (non-hydrogen) atoms. The second-order valence-corrected chi connectivity index (χ2v) is 42.7. The summed E-state index contributed by atoms with van der Waals surface area (Å²) in [5.41, 5.74) is 8.90. The zero-order valence-electron chi connectivity index (χ0n) is 19.9. The van der Waals surface area contributed by atoms with Gasteiger partial charge in [0.15, 0.2) is 0 Å². The van der Waals surface area contributed by atoms with Crippen molar-refractivity contribution < 1.29 is 17.1 Å². The van der Waals surface area contributed by atoms with E-state index in [1.54, 1.807) is 6.64 Å². The van der Waals surface area contributed by atoms with Crippen LogP contribution in [0.3, 0.4) is 0 Å². The van der Waals surface area contributed by atoms with Crippen molar-refractivity contribution in [3.05, 3.63) is 143 Å². The Labute approximate surface area is 205 Å². The van der Waals surface area contributed by atoms with Crippen LogP contribution in [-0.4, -0.2) is 6.94 Å². The van der Waals surface area contributed by atoms with E-state index in [2.05, 4.69) is 142 Å². The molecule has 2 atom stereocenters. The zero-order valence-corrected chi connectivity index (χ0v) is 24.9. The molecule has 2 unspecified atom stereocenters. The molecule has 0 amide bonds. The number of hydrogen-bond donors (Lipinski definition) is 0. The molecule has 2 aliphatic carbocycles. The monoisotopic (exact) mass is 622 g/mol. The van der Waals surface area contributed by atoms with Gasteiger partial charge in [0.05, 0.1) is 0 Å². The van der Waals surface area contributed by atoms with Crippen molar-refractivity contribution in [3.8, 4) is 0 Å². The maximum absolute atomic E-state index is 4.44. The quantitative estimate of drug-likeness (QED) is 0.239. The van der Waals surface area contributed by atoms with E-state index in [-0.39, 0.29) is 0 Å². The summed E-state index contributed by atoms with van der Waals surface area (Å²) in [5, 5.41) is 0. The fraction of sp³-hybridized carbons (Fsp3) is 0.125. The first-order valence-corrected chi connectivity index (χ1v) is 28.3. The zero-order chi connectivity index (χ0) is 23.4. The molecule has 0 N–H and O–H groups in total. The van der Waals surface area contributed by atoms with Crippen LogP contribution in [-0.2, 0) is 17.1 Å². The predicted octanol–water partition coefficient (Wildman–Crippen LogP) is 6.19. The third-order valence-corrected chi connectivity index (χ3v) is 49.1. The molecule has 0 fully saturated rings. The van der Waals surface area contributed by atoms with Crippen LogP contribution in [0.4, 0.5) is 0 Å². The van der Waals surface area contributed by atoms with Gasteiger partial charge in [-0.3, -0.25) is 0 Å². The Morgan fingerprint density at radius 3 is 1.26 bits per heavy atom. The first-order valence-electron chi connectivity index (χ1n) is 12.2. The molecule has 0 aromatic heterocycles. The Balaban J connectivity index is 1.83. The van der Waals surface area contributed by atoms with Gasteiger partial charge in [-0.1, -0.05) is 0 Å². The fourth-order valence-electron chi connectivity index (χ4n) is 7.37. The topological polar surface area (TPSA) is 0 Å². The Kier molecular flexibility index (Phi) is 5.16. The summed E-state index contributed by atoms with van der Waals surface area (Å²) < 4.78 is 4.03. The van der Waals surface area contributed by atoms with Crippen molar-refractivity contribution >= 4 is 25.7 Å². The van der Waals surface area contributed by atoms with Crippen LogP contribution in [0.2, 0.25) is 0 Å². The molecule has 2 heteroatoms. The minimum atomic E-state index is -4.44. The number of hydrogen-bond acceptors (Lipinski definition) is 0. The molecule has 0 nitrogen and oxygen atoms in total.